The fourth-order valence-electron chi connectivity index (χ4n) is 3.13. The second-order valence-corrected chi connectivity index (χ2v) is 5.72. The minimum atomic E-state index is 0.364. The van der Waals surface area contributed by atoms with Gasteiger partial charge >= 0.3 is 0 Å². The molecule has 2 rings (SSSR count). The largest absolute Gasteiger partial charge is 0.377 e. The van der Waals surface area contributed by atoms with Crippen molar-refractivity contribution in [1.82, 2.24) is 4.90 Å². The Kier molecular flexibility index (Phi) is 4.22. The Labute approximate surface area is 99.3 Å². The summed E-state index contributed by atoms with van der Waals surface area (Å²) in [6, 6.07) is 0.926. The summed E-state index contributed by atoms with van der Waals surface area (Å²) in [5.74, 6) is 0.830. The molecule has 0 radical (unpaired) electrons. The number of ether oxygens (including phenoxy) is 1. The number of likely N-dealkylation sites (N-methyl/N-ethyl adjacent to an activating group) is 1. The van der Waals surface area contributed by atoms with E-state index in [2.05, 4.69) is 18.9 Å². The Morgan fingerprint density at radius 2 is 2.12 bits per heavy atom. The molecular weight excluding hydrogens is 200 g/mol. The molecular formula is C13H26N2O. The third-order valence-corrected chi connectivity index (χ3v) is 4.21. The first kappa shape index (κ1) is 12.3. The van der Waals surface area contributed by atoms with Crippen LogP contribution in [0, 0.1) is 5.92 Å². The van der Waals surface area contributed by atoms with Gasteiger partial charge in [-0.1, -0.05) is 6.92 Å². The van der Waals surface area contributed by atoms with Gasteiger partial charge in [0.25, 0.3) is 0 Å². The van der Waals surface area contributed by atoms with Crippen LogP contribution in [0.4, 0.5) is 0 Å². The predicted molar refractivity (Wildman–Crippen MR) is 66.4 cm³/mol. The van der Waals surface area contributed by atoms with Crippen molar-refractivity contribution in [1.29, 1.82) is 0 Å². The van der Waals surface area contributed by atoms with Crippen molar-refractivity contribution >= 4 is 0 Å². The minimum absolute atomic E-state index is 0.364. The number of nitrogens with zero attached hydrogens (tertiary/aromatic N) is 1. The van der Waals surface area contributed by atoms with E-state index in [-0.39, 0.29) is 0 Å². The molecule has 2 N–H and O–H groups in total. The zero-order chi connectivity index (χ0) is 11.5. The van der Waals surface area contributed by atoms with Gasteiger partial charge in [0.2, 0.25) is 0 Å². The van der Waals surface area contributed by atoms with Crippen molar-refractivity contribution in [2.45, 2.75) is 57.2 Å². The predicted octanol–water partition coefficient (Wildman–Crippen LogP) is 1.61. The Morgan fingerprint density at radius 1 is 1.31 bits per heavy atom. The highest BCUT2D eigenvalue weighted by molar-refractivity contribution is 4.88. The van der Waals surface area contributed by atoms with Crippen LogP contribution >= 0.6 is 0 Å². The van der Waals surface area contributed by atoms with Gasteiger partial charge in [0, 0.05) is 25.2 Å². The zero-order valence-corrected chi connectivity index (χ0v) is 10.7. The summed E-state index contributed by atoms with van der Waals surface area (Å²) in [5.41, 5.74) is 6.23. The van der Waals surface area contributed by atoms with Crippen molar-refractivity contribution in [2.75, 3.05) is 20.2 Å². The summed E-state index contributed by atoms with van der Waals surface area (Å²) < 4.78 is 5.69. The molecule has 3 nitrogen and oxygen atoms in total. The van der Waals surface area contributed by atoms with E-state index in [1.165, 1.54) is 32.1 Å². The Morgan fingerprint density at radius 3 is 2.81 bits per heavy atom. The minimum Gasteiger partial charge on any atom is -0.377 e. The number of hydrogen-bond donors (Lipinski definition) is 1. The molecule has 0 amide bonds. The van der Waals surface area contributed by atoms with E-state index in [0.717, 1.165) is 19.1 Å². The van der Waals surface area contributed by atoms with Crippen molar-refractivity contribution in [3.8, 4) is 0 Å². The molecule has 0 spiro atoms. The van der Waals surface area contributed by atoms with Gasteiger partial charge in [-0.3, -0.25) is 4.90 Å². The molecule has 2 fully saturated rings. The number of nitrogens with two attached hydrogens (primary N) is 1. The highest BCUT2D eigenvalue weighted by Crippen LogP contribution is 2.27. The van der Waals surface area contributed by atoms with Gasteiger partial charge < -0.3 is 10.5 Å². The van der Waals surface area contributed by atoms with Gasteiger partial charge in [-0.05, 0) is 45.1 Å². The van der Waals surface area contributed by atoms with Gasteiger partial charge in [-0.2, -0.15) is 0 Å². The van der Waals surface area contributed by atoms with Gasteiger partial charge in [0.15, 0.2) is 0 Å². The standard InChI is InChI=1S/C13H26N2O/c1-10-5-6-12(14)13(8-10)15(2)9-11-4-3-7-16-11/h10-13H,3-9,14H2,1-2H3. The van der Waals surface area contributed by atoms with Gasteiger partial charge in [0.05, 0.1) is 6.10 Å². The summed E-state index contributed by atoms with van der Waals surface area (Å²) in [6.07, 6.45) is 6.64. The van der Waals surface area contributed by atoms with E-state index in [1.807, 2.05) is 0 Å². The lowest BCUT2D eigenvalue weighted by Gasteiger charge is -2.39. The first-order chi connectivity index (χ1) is 7.66. The maximum absolute atomic E-state index is 6.23. The summed E-state index contributed by atoms with van der Waals surface area (Å²) in [7, 11) is 2.21. The van der Waals surface area contributed by atoms with Gasteiger partial charge in [0.1, 0.15) is 0 Å². The normalized spacial score (nSPS) is 40.5. The lowest BCUT2D eigenvalue weighted by Crippen LogP contribution is -2.51. The van der Waals surface area contributed by atoms with Crippen LogP contribution in [0.15, 0.2) is 0 Å². The molecule has 3 heteroatoms. The second-order valence-electron chi connectivity index (χ2n) is 5.72. The molecule has 1 heterocycles. The molecule has 94 valence electrons. The lowest BCUT2D eigenvalue weighted by molar-refractivity contribution is 0.0509. The average Bonchev–Trinajstić information content (AvgIpc) is 2.74. The van der Waals surface area contributed by atoms with Crippen LogP contribution in [0.2, 0.25) is 0 Å². The van der Waals surface area contributed by atoms with Crippen molar-refractivity contribution in [2.24, 2.45) is 11.7 Å². The monoisotopic (exact) mass is 226 g/mol. The fourth-order valence-corrected chi connectivity index (χ4v) is 3.13. The first-order valence-electron chi connectivity index (χ1n) is 6.74. The van der Waals surface area contributed by atoms with E-state index in [9.17, 15) is 0 Å². The van der Waals surface area contributed by atoms with Crippen LogP contribution in [0.5, 0.6) is 0 Å². The molecule has 1 saturated carbocycles. The van der Waals surface area contributed by atoms with Crippen LogP contribution in [0.1, 0.15) is 39.0 Å². The zero-order valence-electron chi connectivity index (χ0n) is 10.7. The first-order valence-corrected chi connectivity index (χ1v) is 6.74. The van der Waals surface area contributed by atoms with Gasteiger partial charge in [-0.25, -0.2) is 0 Å². The molecule has 16 heavy (non-hydrogen) atoms. The average molecular weight is 226 g/mol. The molecule has 4 atom stereocenters. The van der Waals surface area contributed by atoms with Crippen LogP contribution in [0.25, 0.3) is 0 Å². The molecule has 1 aliphatic heterocycles. The summed E-state index contributed by atoms with van der Waals surface area (Å²) in [4.78, 5) is 2.44. The molecule has 0 aromatic heterocycles. The van der Waals surface area contributed by atoms with Crippen LogP contribution < -0.4 is 5.73 Å². The highest BCUT2D eigenvalue weighted by atomic mass is 16.5. The van der Waals surface area contributed by atoms with Gasteiger partial charge in [-0.15, -0.1) is 0 Å². The van der Waals surface area contributed by atoms with Crippen LogP contribution in [-0.4, -0.2) is 43.3 Å². The van der Waals surface area contributed by atoms with E-state index in [4.69, 9.17) is 10.5 Å². The summed E-state index contributed by atoms with van der Waals surface area (Å²) in [5, 5.41) is 0. The second kappa shape index (κ2) is 5.48. The lowest BCUT2D eigenvalue weighted by atomic mass is 9.83. The van der Waals surface area contributed by atoms with E-state index < -0.39 is 0 Å². The third-order valence-electron chi connectivity index (χ3n) is 4.21. The topological polar surface area (TPSA) is 38.5 Å². The summed E-state index contributed by atoms with van der Waals surface area (Å²) >= 11 is 0. The number of rotatable bonds is 3. The quantitative estimate of drug-likeness (QED) is 0.794. The fraction of sp³-hybridized carbons (Fsp3) is 1.00. The van der Waals surface area contributed by atoms with E-state index in [1.54, 1.807) is 0 Å². The smallest absolute Gasteiger partial charge is 0.0702 e. The maximum Gasteiger partial charge on any atom is 0.0702 e. The molecule has 0 aromatic carbocycles. The molecule has 0 aromatic rings. The van der Waals surface area contributed by atoms with Crippen LogP contribution in [-0.2, 0) is 4.74 Å². The molecule has 1 aliphatic carbocycles. The van der Waals surface area contributed by atoms with Crippen molar-refractivity contribution < 1.29 is 4.74 Å². The van der Waals surface area contributed by atoms with Crippen LogP contribution in [0.3, 0.4) is 0 Å². The van der Waals surface area contributed by atoms with E-state index >= 15 is 0 Å². The highest BCUT2D eigenvalue weighted by Gasteiger charge is 2.30. The summed E-state index contributed by atoms with van der Waals surface area (Å²) in [6.45, 7) is 4.36. The van der Waals surface area contributed by atoms with E-state index in [0.29, 0.717) is 18.2 Å². The molecule has 1 saturated heterocycles. The Balaban J connectivity index is 1.84. The third kappa shape index (κ3) is 2.96. The molecule has 2 aliphatic rings. The molecule has 4 unspecified atom stereocenters. The SMILES string of the molecule is CC1CCC(N)C(N(C)CC2CCCO2)C1. The Hall–Kier alpha value is -0.120. The maximum atomic E-state index is 6.23. The Bertz CT molecular complexity index is 216. The number of hydrogen-bond acceptors (Lipinski definition) is 3. The molecule has 0 bridgehead atoms. The van der Waals surface area contributed by atoms with Crippen molar-refractivity contribution in [3.63, 3.8) is 0 Å². The van der Waals surface area contributed by atoms with Crippen molar-refractivity contribution in [3.05, 3.63) is 0 Å².